The van der Waals surface area contributed by atoms with Crippen molar-refractivity contribution in [3.8, 4) is 0 Å². The van der Waals surface area contributed by atoms with Crippen LogP contribution in [0, 0.1) is 11.3 Å². The lowest BCUT2D eigenvalue weighted by molar-refractivity contribution is -0.144. The van der Waals surface area contributed by atoms with Gasteiger partial charge in [-0.15, -0.1) is 0 Å². The highest BCUT2D eigenvalue weighted by molar-refractivity contribution is 14.2. The molecule has 5 nitrogen and oxygen atoms in total. The van der Waals surface area contributed by atoms with Crippen LogP contribution in [0.25, 0.3) is 0 Å². The number of hydroxylamine groups is 1. The quantitative estimate of drug-likeness (QED) is 0.342. The maximum absolute atomic E-state index is 13.9. The molecule has 0 radical (unpaired) electrons. The van der Waals surface area contributed by atoms with Crippen molar-refractivity contribution >= 4 is 30.9 Å². The monoisotopic (exact) mass is 581 g/mol. The minimum atomic E-state index is -4.46. The van der Waals surface area contributed by atoms with Crippen molar-refractivity contribution in [2.75, 3.05) is 13.1 Å². The maximum Gasteiger partial charge on any atom is 0.416 e. The number of rotatable bonds is 4. The van der Waals surface area contributed by atoms with Gasteiger partial charge in [0.15, 0.2) is 0 Å². The summed E-state index contributed by atoms with van der Waals surface area (Å²) in [7, 11) is 0. The zero-order valence-corrected chi connectivity index (χ0v) is 21.6. The van der Waals surface area contributed by atoms with Crippen molar-refractivity contribution < 1.29 is 23.2 Å². The topological polar surface area (TPSA) is 55.8 Å². The molecule has 0 spiro atoms. The van der Waals surface area contributed by atoms with Crippen molar-refractivity contribution in [2.45, 2.75) is 89.9 Å². The van der Waals surface area contributed by atoms with Gasteiger partial charge in [-0.3, -0.25) is 10.0 Å². The highest BCUT2D eigenvalue weighted by Crippen LogP contribution is 2.47. The molecule has 0 aromatic heterocycles. The Bertz CT molecular complexity index is 848. The van der Waals surface area contributed by atoms with E-state index in [4.69, 9.17) is 0 Å². The Morgan fingerprint density at radius 3 is 2.61 bits per heavy atom. The van der Waals surface area contributed by atoms with Gasteiger partial charge in [0.1, 0.15) is 0 Å². The summed E-state index contributed by atoms with van der Waals surface area (Å²) in [6.45, 7) is 4.75. The van der Waals surface area contributed by atoms with Gasteiger partial charge < -0.3 is 10.2 Å². The fourth-order valence-corrected chi connectivity index (χ4v) is 7.90. The first-order valence-electron chi connectivity index (χ1n) is 12.1. The second kappa shape index (κ2) is 9.97. The third-order valence-corrected chi connectivity index (χ3v) is 9.99. The maximum atomic E-state index is 13.9. The Morgan fingerprint density at radius 1 is 1.21 bits per heavy atom. The molecule has 2 N–H and O–H groups in total. The van der Waals surface area contributed by atoms with Crippen LogP contribution in [-0.2, 0) is 4.79 Å². The van der Waals surface area contributed by atoms with Gasteiger partial charge in [0, 0.05) is 56.6 Å². The van der Waals surface area contributed by atoms with Crippen molar-refractivity contribution in [1.29, 1.82) is 0 Å². The molecule has 0 saturated heterocycles. The largest absolute Gasteiger partial charge is 0.416 e. The van der Waals surface area contributed by atoms with E-state index in [9.17, 15) is 23.2 Å². The molecule has 1 unspecified atom stereocenters. The van der Waals surface area contributed by atoms with Gasteiger partial charge in [-0.05, 0) is 49.7 Å². The number of halogens is 4. The van der Waals surface area contributed by atoms with E-state index in [2.05, 4.69) is 19.2 Å². The summed E-state index contributed by atoms with van der Waals surface area (Å²) in [5, 5.41) is 14.1. The normalized spacial score (nSPS) is 29.7. The second-order valence-electron chi connectivity index (χ2n) is 10.3. The Balaban J connectivity index is 1.51. The van der Waals surface area contributed by atoms with E-state index in [1.807, 2.05) is 0 Å². The van der Waals surface area contributed by atoms with Crippen LogP contribution in [0.4, 0.5) is 13.2 Å². The number of amides is 1. The van der Waals surface area contributed by atoms with Crippen LogP contribution < -0.4 is 5.32 Å². The summed E-state index contributed by atoms with van der Waals surface area (Å²) >= 11 is -1.30. The third-order valence-electron chi connectivity index (χ3n) is 7.93. The Morgan fingerprint density at radius 2 is 1.94 bits per heavy atom. The summed E-state index contributed by atoms with van der Waals surface area (Å²) in [6, 6.07) is 0.859. The Labute approximate surface area is 204 Å². The average molecular weight is 581 g/mol. The molecule has 0 bridgehead atoms. The van der Waals surface area contributed by atoms with Crippen molar-refractivity contribution in [2.24, 2.45) is 11.3 Å². The zero-order chi connectivity index (χ0) is 23.8. The predicted octanol–water partition coefficient (Wildman–Crippen LogP) is 5.47. The predicted molar refractivity (Wildman–Crippen MR) is 131 cm³/mol. The molecule has 2 aliphatic carbocycles. The average Bonchev–Trinajstić information content (AvgIpc) is 3.12. The number of carbonyl (C=O) groups excluding carboxylic acids is 1. The molecule has 0 aromatic carbocycles. The molecule has 2 fully saturated rings. The first-order chi connectivity index (χ1) is 15.6. The van der Waals surface area contributed by atoms with Crippen LogP contribution in [0.15, 0.2) is 22.9 Å². The minimum absolute atomic E-state index is 0.0615. The fourth-order valence-electron chi connectivity index (χ4n) is 5.91. The third kappa shape index (κ3) is 5.34. The summed E-state index contributed by atoms with van der Waals surface area (Å²) in [5.74, 6) is 0.217. The number of carbonyl (C=O) groups is 1. The van der Waals surface area contributed by atoms with Gasteiger partial charge in [-0.2, -0.15) is 13.2 Å². The Hall–Kier alpha value is -0.940. The summed E-state index contributed by atoms with van der Waals surface area (Å²) in [6.07, 6.45) is 5.85. The lowest BCUT2D eigenvalue weighted by Crippen LogP contribution is -2.49. The van der Waals surface area contributed by atoms with Crippen LogP contribution in [0.3, 0.4) is 0 Å². The summed E-state index contributed by atoms with van der Waals surface area (Å²) in [4.78, 5) is 15.6. The van der Waals surface area contributed by atoms with Crippen molar-refractivity contribution in [1.82, 2.24) is 13.5 Å². The minimum Gasteiger partial charge on any atom is -0.337 e. The molecule has 2 atom stereocenters. The van der Waals surface area contributed by atoms with E-state index in [1.165, 1.54) is 32.1 Å². The number of hydrogen-bond acceptors (Lipinski definition) is 4. The molecule has 4 aliphatic rings. The molecule has 1 amide bonds. The molecule has 4 rings (SSSR count). The molecular weight excluding hydrogens is 546 g/mol. The summed E-state index contributed by atoms with van der Waals surface area (Å²) < 4.78 is 42.4. The standard InChI is InChI=1S/C24H35F3IN3O2/c1-16(2)23(10-8-20(13-23)29-19-6-4-3-5-7-19)22(32)30-11-9-21-17(15-30)12-18(24(25,26)27)14-28-31(21)33/h12,14,16,19-20,29,33H,3-11,13,15H2,1-2H3/t20?,23-/m0/s1. The zero-order valence-electron chi connectivity index (χ0n) is 19.4. The number of allylic oxidation sites excluding steroid dienone is 1. The van der Waals surface area contributed by atoms with E-state index < -0.39 is 38.2 Å². The lowest BCUT2D eigenvalue weighted by Gasteiger charge is -2.40. The van der Waals surface area contributed by atoms with E-state index in [1.54, 1.807) is 4.90 Å². The highest BCUT2D eigenvalue weighted by atomic mass is 127. The number of nitrogens with one attached hydrogen (secondary N) is 1. The molecule has 2 aliphatic heterocycles. The molecular formula is C24H35F3IN3O2. The first-order valence-corrected chi connectivity index (χ1v) is 14.3. The number of hydrogen-bond donors (Lipinski definition) is 2. The smallest absolute Gasteiger partial charge is 0.337 e. The van der Waals surface area contributed by atoms with E-state index in [0.29, 0.717) is 36.3 Å². The van der Waals surface area contributed by atoms with Crippen LogP contribution in [0.5, 0.6) is 0 Å². The molecule has 2 saturated carbocycles. The van der Waals surface area contributed by atoms with Crippen molar-refractivity contribution in [3.05, 3.63) is 22.9 Å². The SMILES string of the molecule is CC(C)[C@]1(C(=O)N2CCC3=C(C=C(C(F)(F)F)C=IN3O)C2)CCC(NC2CCCCC2)C1. The van der Waals surface area contributed by atoms with Gasteiger partial charge in [-0.1, -0.05) is 33.1 Å². The molecule has 33 heavy (non-hydrogen) atoms. The molecule has 9 heteroatoms. The second-order valence-corrected chi connectivity index (χ2v) is 12.4. The number of nitrogens with zero attached hydrogens (tertiary/aromatic N) is 2. The fraction of sp³-hybridized carbons (Fsp3) is 0.750. The van der Waals surface area contributed by atoms with Crippen LogP contribution in [0.2, 0.25) is 0 Å². The van der Waals surface area contributed by atoms with E-state index in [0.717, 1.165) is 32.6 Å². The van der Waals surface area contributed by atoms with Crippen LogP contribution in [-0.4, -0.2) is 54.7 Å². The molecule has 186 valence electrons. The Kier molecular flexibility index (Phi) is 7.60. The van der Waals surface area contributed by atoms with E-state index in [-0.39, 0.29) is 18.4 Å². The summed E-state index contributed by atoms with van der Waals surface area (Å²) in [5.41, 5.74) is -0.260. The van der Waals surface area contributed by atoms with Crippen LogP contribution >= 0.6 is 21.0 Å². The van der Waals surface area contributed by atoms with Crippen LogP contribution in [0.1, 0.15) is 71.6 Å². The lowest BCUT2D eigenvalue weighted by atomic mass is 9.74. The molecule has 0 aromatic rings. The van der Waals surface area contributed by atoms with Gasteiger partial charge in [-0.25, -0.2) is 3.28 Å². The van der Waals surface area contributed by atoms with E-state index >= 15 is 0 Å². The highest BCUT2D eigenvalue weighted by Gasteiger charge is 2.50. The van der Waals surface area contributed by atoms with Gasteiger partial charge in [0.25, 0.3) is 0 Å². The molecule has 2 heterocycles. The van der Waals surface area contributed by atoms with Gasteiger partial charge >= 0.3 is 6.18 Å². The first kappa shape index (κ1) is 25.2. The van der Waals surface area contributed by atoms with Gasteiger partial charge in [0.2, 0.25) is 5.91 Å². The van der Waals surface area contributed by atoms with Crippen molar-refractivity contribution in [3.63, 3.8) is 0 Å². The van der Waals surface area contributed by atoms with Gasteiger partial charge in [0.05, 0.1) is 16.7 Å². The number of alkyl halides is 3.